The first-order valence-corrected chi connectivity index (χ1v) is 6.71. The van der Waals surface area contributed by atoms with Crippen LogP contribution in [-0.4, -0.2) is 29.1 Å². The molecule has 0 heterocycles. The molecule has 0 aliphatic rings. The fraction of sp³-hybridized carbons (Fsp3) is 0.643. The molecule has 0 aliphatic heterocycles. The van der Waals surface area contributed by atoms with Gasteiger partial charge in [-0.25, -0.2) is 4.79 Å². The Morgan fingerprint density at radius 3 is 2.35 bits per heavy atom. The van der Waals surface area contributed by atoms with Crippen LogP contribution in [-0.2, 0) is 9.59 Å². The summed E-state index contributed by atoms with van der Waals surface area (Å²) < 4.78 is 0. The van der Waals surface area contributed by atoms with Crippen LogP contribution in [0.15, 0.2) is 11.8 Å². The van der Waals surface area contributed by atoms with E-state index in [4.69, 9.17) is 10.4 Å². The van der Waals surface area contributed by atoms with E-state index in [-0.39, 0.29) is 17.5 Å². The first-order chi connectivity index (χ1) is 9.31. The third-order valence-corrected chi connectivity index (χ3v) is 2.80. The molecule has 0 aromatic carbocycles. The lowest BCUT2D eigenvalue weighted by molar-refractivity contribution is -0.141. The van der Waals surface area contributed by atoms with Crippen LogP contribution in [0, 0.1) is 17.2 Å². The van der Waals surface area contributed by atoms with E-state index in [0.717, 1.165) is 6.42 Å². The Morgan fingerprint density at radius 2 is 1.95 bits per heavy atom. The van der Waals surface area contributed by atoms with E-state index in [2.05, 4.69) is 10.6 Å². The second-order valence-corrected chi connectivity index (χ2v) is 5.14. The van der Waals surface area contributed by atoms with Gasteiger partial charge < -0.3 is 15.7 Å². The number of rotatable bonds is 8. The SMILES string of the molecule is CCC(C)N/C=C(/C#N)C(=O)NC(CC(C)C)C(=O)O. The van der Waals surface area contributed by atoms with Crippen molar-refractivity contribution in [2.45, 2.75) is 52.6 Å². The van der Waals surface area contributed by atoms with Gasteiger partial charge in [0, 0.05) is 12.2 Å². The van der Waals surface area contributed by atoms with Crippen LogP contribution in [0.1, 0.15) is 40.5 Å². The molecule has 3 N–H and O–H groups in total. The van der Waals surface area contributed by atoms with Crippen molar-refractivity contribution in [2.24, 2.45) is 5.92 Å². The summed E-state index contributed by atoms with van der Waals surface area (Å²) in [6, 6.07) is 0.925. The minimum Gasteiger partial charge on any atom is -0.480 e. The molecule has 2 unspecified atom stereocenters. The van der Waals surface area contributed by atoms with Gasteiger partial charge in [0.1, 0.15) is 17.7 Å². The van der Waals surface area contributed by atoms with Crippen LogP contribution in [0.25, 0.3) is 0 Å². The van der Waals surface area contributed by atoms with Gasteiger partial charge in [-0.3, -0.25) is 4.79 Å². The second-order valence-electron chi connectivity index (χ2n) is 5.14. The molecular formula is C14H23N3O3. The molecule has 0 saturated carbocycles. The minimum atomic E-state index is -1.10. The smallest absolute Gasteiger partial charge is 0.326 e. The lowest BCUT2D eigenvalue weighted by Gasteiger charge is -2.16. The molecule has 0 bridgehead atoms. The number of carbonyl (C=O) groups excluding carboxylic acids is 1. The number of hydrogen-bond donors (Lipinski definition) is 3. The standard InChI is InChI=1S/C14H23N3O3/c1-5-10(4)16-8-11(7-15)13(18)17-12(14(19)20)6-9(2)3/h8-10,12,16H,5-6H2,1-4H3,(H,17,18)(H,19,20)/b11-8-. The van der Waals surface area contributed by atoms with E-state index in [1.165, 1.54) is 6.20 Å². The number of nitrogens with one attached hydrogen (secondary N) is 2. The summed E-state index contributed by atoms with van der Waals surface area (Å²) in [7, 11) is 0. The van der Waals surface area contributed by atoms with Gasteiger partial charge in [0.05, 0.1) is 0 Å². The van der Waals surface area contributed by atoms with Gasteiger partial charge >= 0.3 is 5.97 Å². The zero-order valence-electron chi connectivity index (χ0n) is 12.4. The van der Waals surface area contributed by atoms with Crippen molar-refractivity contribution in [3.63, 3.8) is 0 Å². The zero-order valence-corrected chi connectivity index (χ0v) is 12.4. The fourth-order valence-corrected chi connectivity index (χ4v) is 1.42. The summed E-state index contributed by atoms with van der Waals surface area (Å²) in [5.74, 6) is -1.64. The van der Waals surface area contributed by atoms with Crippen molar-refractivity contribution in [1.29, 1.82) is 5.26 Å². The molecule has 0 spiro atoms. The average Bonchev–Trinajstić information content (AvgIpc) is 2.37. The highest BCUT2D eigenvalue weighted by Crippen LogP contribution is 2.06. The van der Waals surface area contributed by atoms with Crippen LogP contribution in [0.3, 0.4) is 0 Å². The minimum absolute atomic E-state index is 0.125. The van der Waals surface area contributed by atoms with Crippen LogP contribution in [0.4, 0.5) is 0 Å². The number of carboxylic acid groups (broad SMARTS) is 1. The number of nitrogens with zero attached hydrogens (tertiary/aromatic N) is 1. The topological polar surface area (TPSA) is 102 Å². The van der Waals surface area contributed by atoms with Crippen molar-refractivity contribution >= 4 is 11.9 Å². The number of hydrogen-bond acceptors (Lipinski definition) is 4. The van der Waals surface area contributed by atoms with Crippen molar-refractivity contribution in [3.8, 4) is 6.07 Å². The molecule has 2 atom stereocenters. The summed E-state index contributed by atoms with van der Waals surface area (Å²) >= 11 is 0. The van der Waals surface area contributed by atoms with Crippen molar-refractivity contribution in [2.75, 3.05) is 0 Å². The van der Waals surface area contributed by atoms with Crippen LogP contribution in [0.5, 0.6) is 0 Å². The predicted octanol–water partition coefficient (Wildman–Crippen LogP) is 1.40. The van der Waals surface area contributed by atoms with E-state index in [9.17, 15) is 9.59 Å². The first kappa shape index (κ1) is 18.0. The van der Waals surface area contributed by atoms with Gasteiger partial charge in [-0.15, -0.1) is 0 Å². The molecule has 0 saturated heterocycles. The molecule has 0 fully saturated rings. The normalized spacial score (nSPS) is 14.3. The highest BCUT2D eigenvalue weighted by atomic mass is 16.4. The van der Waals surface area contributed by atoms with E-state index in [1.54, 1.807) is 6.07 Å². The van der Waals surface area contributed by atoms with Crippen molar-refractivity contribution < 1.29 is 14.7 Å². The summed E-state index contributed by atoms with van der Waals surface area (Å²) in [6.07, 6.45) is 2.50. The molecule has 20 heavy (non-hydrogen) atoms. The average molecular weight is 281 g/mol. The number of amides is 1. The quantitative estimate of drug-likeness (QED) is 0.461. The van der Waals surface area contributed by atoms with E-state index in [0.29, 0.717) is 6.42 Å². The lowest BCUT2D eigenvalue weighted by Crippen LogP contribution is -2.42. The molecular weight excluding hydrogens is 258 g/mol. The molecule has 1 amide bonds. The number of nitriles is 1. The van der Waals surface area contributed by atoms with Gasteiger partial charge in [0.15, 0.2) is 0 Å². The highest BCUT2D eigenvalue weighted by Gasteiger charge is 2.22. The highest BCUT2D eigenvalue weighted by molar-refractivity contribution is 5.99. The molecule has 0 rings (SSSR count). The maximum atomic E-state index is 11.9. The Balaban J connectivity index is 4.76. The van der Waals surface area contributed by atoms with E-state index < -0.39 is 17.9 Å². The second kappa shape index (κ2) is 8.97. The molecule has 0 aromatic heterocycles. The molecule has 6 heteroatoms. The van der Waals surface area contributed by atoms with Gasteiger partial charge in [0.2, 0.25) is 0 Å². The van der Waals surface area contributed by atoms with Gasteiger partial charge in [-0.2, -0.15) is 5.26 Å². The monoisotopic (exact) mass is 281 g/mol. The van der Waals surface area contributed by atoms with Crippen molar-refractivity contribution in [3.05, 3.63) is 11.8 Å². The Bertz CT molecular complexity index is 410. The van der Waals surface area contributed by atoms with Gasteiger partial charge in [-0.05, 0) is 25.7 Å². The molecule has 0 aliphatic carbocycles. The third kappa shape index (κ3) is 6.78. The summed E-state index contributed by atoms with van der Waals surface area (Å²) in [5.41, 5.74) is -0.125. The van der Waals surface area contributed by atoms with Gasteiger partial charge in [-0.1, -0.05) is 20.8 Å². The Hall–Kier alpha value is -2.03. The fourth-order valence-electron chi connectivity index (χ4n) is 1.42. The van der Waals surface area contributed by atoms with Crippen LogP contribution in [0.2, 0.25) is 0 Å². The van der Waals surface area contributed by atoms with E-state index >= 15 is 0 Å². The summed E-state index contributed by atoms with van der Waals surface area (Å²) in [4.78, 5) is 22.9. The predicted molar refractivity (Wildman–Crippen MR) is 75.6 cm³/mol. The Morgan fingerprint density at radius 1 is 1.35 bits per heavy atom. The molecule has 0 radical (unpaired) electrons. The maximum absolute atomic E-state index is 11.9. The molecule has 112 valence electrons. The number of carboxylic acids is 1. The summed E-state index contributed by atoms with van der Waals surface area (Å²) in [5, 5.41) is 23.3. The van der Waals surface area contributed by atoms with Crippen LogP contribution < -0.4 is 10.6 Å². The van der Waals surface area contributed by atoms with Crippen molar-refractivity contribution in [1.82, 2.24) is 10.6 Å². The Labute approximate surface area is 119 Å². The van der Waals surface area contributed by atoms with E-state index in [1.807, 2.05) is 27.7 Å². The Kier molecular flexibility index (Phi) is 8.06. The lowest BCUT2D eigenvalue weighted by atomic mass is 10.0. The molecule has 0 aromatic rings. The first-order valence-electron chi connectivity index (χ1n) is 6.71. The number of aliphatic carboxylic acids is 1. The van der Waals surface area contributed by atoms with Gasteiger partial charge in [0.25, 0.3) is 5.91 Å². The largest absolute Gasteiger partial charge is 0.480 e. The zero-order chi connectivity index (χ0) is 15.7. The molecule has 6 nitrogen and oxygen atoms in total. The summed E-state index contributed by atoms with van der Waals surface area (Å²) in [6.45, 7) is 7.63. The third-order valence-electron chi connectivity index (χ3n) is 2.80. The maximum Gasteiger partial charge on any atom is 0.326 e. The van der Waals surface area contributed by atoms with Crippen LogP contribution >= 0.6 is 0 Å². The number of carbonyl (C=O) groups is 2.